The molecule has 2 aromatic carbocycles. The summed E-state index contributed by atoms with van der Waals surface area (Å²) in [5.41, 5.74) is -3.78. The molecular formula is C21H11ClF6N4O2. The summed E-state index contributed by atoms with van der Waals surface area (Å²) in [5.74, 6) is 0.420. The number of nitrogens with zero attached hydrogens (tertiary/aromatic N) is 2. The van der Waals surface area contributed by atoms with Gasteiger partial charge in [0.15, 0.2) is 11.9 Å². The van der Waals surface area contributed by atoms with Crippen LogP contribution in [0.2, 0.25) is 5.02 Å². The number of urea groups is 1. The van der Waals surface area contributed by atoms with Crippen molar-refractivity contribution < 1.29 is 35.9 Å². The molecule has 3 aromatic rings. The van der Waals surface area contributed by atoms with Crippen molar-refractivity contribution in [3.05, 3.63) is 82.3 Å². The average Bonchev–Trinajstić information content (AvgIpc) is 2.75. The van der Waals surface area contributed by atoms with Crippen LogP contribution in [0.1, 0.15) is 11.1 Å². The first-order valence-corrected chi connectivity index (χ1v) is 9.41. The van der Waals surface area contributed by atoms with Gasteiger partial charge in [-0.1, -0.05) is 18.2 Å². The molecule has 0 atom stereocenters. The third-order valence-electron chi connectivity index (χ3n) is 4.10. The second-order valence-corrected chi connectivity index (χ2v) is 6.99. The number of carbonyl (C=O) groups is 1. The Kier molecular flexibility index (Phi) is 6.88. The highest BCUT2D eigenvalue weighted by molar-refractivity contribution is 6.32. The average molecular weight is 501 g/mol. The maximum absolute atomic E-state index is 13.0. The second-order valence-electron chi connectivity index (χ2n) is 6.58. The van der Waals surface area contributed by atoms with Crippen molar-refractivity contribution >= 4 is 34.8 Å². The van der Waals surface area contributed by atoms with Gasteiger partial charge in [0.25, 0.3) is 5.82 Å². The van der Waals surface area contributed by atoms with Crippen LogP contribution in [-0.2, 0) is 12.4 Å². The fourth-order valence-corrected chi connectivity index (χ4v) is 2.76. The Morgan fingerprint density at radius 1 is 0.912 bits per heavy atom. The summed E-state index contributed by atoms with van der Waals surface area (Å²) in [6.45, 7) is 6.87. The van der Waals surface area contributed by atoms with Gasteiger partial charge in [-0.05, 0) is 42.5 Å². The third-order valence-corrected chi connectivity index (χ3v) is 4.41. The zero-order chi connectivity index (χ0) is 25.1. The van der Waals surface area contributed by atoms with Gasteiger partial charge < -0.3 is 20.2 Å². The van der Waals surface area contributed by atoms with E-state index < -0.39 is 35.2 Å². The molecule has 0 bridgehead atoms. The van der Waals surface area contributed by atoms with Crippen LogP contribution in [0.3, 0.4) is 0 Å². The number of alkyl halides is 6. The molecule has 0 saturated carbocycles. The molecule has 0 spiro atoms. The highest BCUT2D eigenvalue weighted by Gasteiger charge is 2.37. The molecular weight excluding hydrogens is 490 g/mol. The first-order chi connectivity index (χ1) is 15.8. The monoisotopic (exact) mass is 500 g/mol. The predicted molar refractivity (Wildman–Crippen MR) is 111 cm³/mol. The van der Waals surface area contributed by atoms with E-state index in [4.69, 9.17) is 22.9 Å². The van der Waals surface area contributed by atoms with Crippen LogP contribution in [-0.4, -0.2) is 11.0 Å². The number of amides is 2. The molecule has 6 nitrogen and oxygen atoms in total. The number of halogens is 7. The van der Waals surface area contributed by atoms with E-state index >= 15 is 0 Å². The van der Waals surface area contributed by atoms with E-state index in [0.29, 0.717) is 12.1 Å². The normalized spacial score (nSPS) is 11.5. The summed E-state index contributed by atoms with van der Waals surface area (Å²) in [4.78, 5) is 19.2. The summed E-state index contributed by atoms with van der Waals surface area (Å²) in [6.07, 6.45) is -8.85. The van der Waals surface area contributed by atoms with Crippen LogP contribution in [0.4, 0.5) is 48.3 Å². The van der Waals surface area contributed by atoms with Crippen molar-refractivity contribution in [3.63, 3.8) is 0 Å². The standard InChI is InChI=1S/C21H11ClF6N4O2/c1-29-18-5-3-15(10-30-18)34-17-9-13(2-4-16(17)22)31-19(33)32-14-7-11(20(23,24)25)6-12(8-14)21(26,27)28/h2-10H,(H2,31,32,33). The summed E-state index contributed by atoms with van der Waals surface area (Å²) < 4.78 is 83.4. The third kappa shape index (κ3) is 6.29. The molecule has 0 saturated heterocycles. The van der Waals surface area contributed by atoms with E-state index in [1.54, 1.807) is 0 Å². The van der Waals surface area contributed by atoms with Crippen molar-refractivity contribution in [2.75, 3.05) is 10.6 Å². The SMILES string of the molecule is [C-]#[N+]c1ccc(Oc2cc(NC(=O)Nc3cc(C(F)(F)F)cc(C(F)(F)F)c3)ccc2Cl)cn1. The highest BCUT2D eigenvalue weighted by Crippen LogP contribution is 2.38. The highest BCUT2D eigenvalue weighted by atomic mass is 35.5. The first kappa shape index (κ1) is 24.7. The number of hydrogen-bond acceptors (Lipinski definition) is 3. The minimum Gasteiger partial charge on any atom is -0.452 e. The lowest BCUT2D eigenvalue weighted by Crippen LogP contribution is -2.20. The predicted octanol–water partition coefficient (Wildman–Crippen LogP) is 7.76. The lowest BCUT2D eigenvalue weighted by Gasteiger charge is -2.15. The molecule has 1 heterocycles. The summed E-state index contributed by atoms with van der Waals surface area (Å²) >= 11 is 6.06. The topological polar surface area (TPSA) is 67.6 Å². The van der Waals surface area contributed by atoms with E-state index in [-0.39, 0.29) is 34.1 Å². The van der Waals surface area contributed by atoms with Crippen LogP contribution in [0.15, 0.2) is 54.7 Å². The van der Waals surface area contributed by atoms with Crippen LogP contribution in [0.25, 0.3) is 4.85 Å². The molecule has 0 unspecified atom stereocenters. The molecule has 1 aromatic heterocycles. The maximum atomic E-state index is 13.0. The molecule has 34 heavy (non-hydrogen) atoms. The number of ether oxygens (including phenoxy) is 1. The minimum absolute atomic E-state index is 0.0502. The second kappa shape index (κ2) is 9.48. The summed E-state index contributed by atoms with van der Waals surface area (Å²) in [6, 6.07) is 6.41. The lowest BCUT2D eigenvalue weighted by atomic mass is 10.1. The number of benzene rings is 2. The largest absolute Gasteiger partial charge is 0.452 e. The Bertz CT molecular complexity index is 1220. The zero-order valence-corrected chi connectivity index (χ0v) is 17.3. The molecule has 0 aliphatic rings. The Hall–Kier alpha value is -3.98. The quantitative estimate of drug-likeness (QED) is 0.284. The smallest absolute Gasteiger partial charge is 0.416 e. The van der Waals surface area contributed by atoms with Crippen molar-refractivity contribution in [1.29, 1.82) is 0 Å². The van der Waals surface area contributed by atoms with Crippen LogP contribution in [0.5, 0.6) is 11.5 Å². The maximum Gasteiger partial charge on any atom is 0.416 e. The van der Waals surface area contributed by atoms with E-state index in [2.05, 4.69) is 15.1 Å². The van der Waals surface area contributed by atoms with Gasteiger partial charge in [-0.2, -0.15) is 26.3 Å². The number of pyridine rings is 1. The Balaban J connectivity index is 1.78. The molecule has 13 heteroatoms. The number of hydrogen-bond donors (Lipinski definition) is 2. The minimum atomic E-state index is -5.06. The van der Waals surface area contributed by atoms with Gasteiger partial charge in [-0.15, -0.1) is 4.98 Å². The number of anilines is 2. The van der Waals surface area contributed by atoms with Crippen molar-refractivity contribution in [3.8, 4) is 11.5 Å². The van der Waals surface area contributed by atoms with E-state index in [1.807, 2.05) is 5.32 Å². The van der Waals surface area contributed by atoms with Gasteiger partial charge in [0.05, 0.1) is 16.1 Å². The van der Waals surface area contributed by atoms with E-state index in [9.17, 15) is 31.1 Å². The number of rotatable bonds is 4. The number of aromatic nitrogens is 1. The van der Waals surface area contributed by atoms with Gasteiger partial charge in [0.1, 0.15) is 5.75 Å². The van der Waals surface area contributed by atoms with Gasteiger partial charge >= 0.3 is 18.4 Å². The van der Waals surface area contributed by atoms with Crippen molar-refractivity contribution in [2.24, 2.45) is 0 Å². The first-order valence-electron chi connectivity index (χ1n) is 9.03. The Morgan fingerprint density at radius 2 is 1.53 bits per heavy atom. The molecule has 3 rings (SSSR count). The molecule has 0 aliphatic carbocycles. The Labute approximate surface area is 192 Å². The van der Waals surface area contributed by atoms with Gasteiger partial charge in [0, 0.05) is 17.4 Å². The zero-order valence-electron chi connectivity index (χ0n) is 16.6. The van der Waals surface area contributed by atoms with E-state index in [1.165, 1.54) is 36.5 Å². The fourth-order valence-electron chi connectivity index (χ4n) is 2.61. The van der Waals surface area contributed by atoms with Crippen LogP contribution < -0.4 is 15.4 Å². The Morgan fingerprint density at radius 3 is 2.06 bits per heavy atom. The van der Waals surface area contributed by atoms with E-state index in [0.717, 1.165) is 0 Å². The lowest BCUT2D eigenvalue weighted by molar-refractivity contribution is -0.143. The number of carbonyl (C=O) groups excluding carboxylic acids is 1. The molecule has 2 amide bonds. The van der Waals surface area contributed by atoms with Crippen LogP contribution in [0, 0.1) is 6.57 Å². The molecule has 0 fully saturated rings. The van der Waals surface area contributed by atoms with Crippen LogP contribution >= 0.6 is 11.6 Å². The van der Waals surface area contributed by atoms with Gasteiger partial charge in [0.2, 0.25) is 0 Å². The summed E-state index contributed by atoms with van der Waals surface area (Å²) in [5, 5.41) is 4.35. The number of nitrogens with one attached hydrogen (secondary N) is 2. The van der Waals surface area contributed by atoms with Gasteiger partial charge in [-0.25, -0.2) is 4.79 Å². The fraction of sp³-hybridized carbons (Fsp3) is 0.0952. The molecule has 176 valence electrons. The molecule has 0 radical (unpaired) electrons. The summed E-state index contributed by atoms with van der Waals surface area (Å²) in [7, 11) is 0. The molecule has 0 aliphatic heterocycles. The molecule has 2 N–H and O–H groups in total. The van der Waals surface area contributed by atoms with Crippen molar-refractivity contribution in [1.82, 2.24) is 4.98 Å². The van der Waals surface area contributed by atoms with Gasteiger partial charge in [-0.3, -0.25) is 0 Å². The van der Waals surface area contributed by atoms with Crippen molar-refractivity contribution in [2.45, 2.75) is 12.4 Å².